The normalized spacial score (nSPS) is 12.4. The largest absolute Gasteiger partial charge is 0.493 e. The van der Waals surface area contributed by atoms with Crippen molar-refractivity contribution in [2.24, 2.45) is 5.92 Å². The maximum atomic E-state index is 10.5. The summed E-state index contributed by atoms with van der Waals surface area (Å²) in [6, 6.07) is 5.34. The second kappa shape index (κ2) is 7.46. The molecule has 0 saturated carbocycles. The van der Waals surface area contributed by atoms with Gasteiger partial charge in [-0.1, -0.05) is 26.3 Å². The van der Waals surface area contributed by atoms with E-state index in [9.17, 15) is 4.79 Å². The Kier molecular flexibility index (Phi) is 5.93. The molecule has 1 atom stereocenters. The summed E-state index contributed by atoms with van der Waals surface area (Å²) >= 11 is 0. The highest BCUT2D eigenvalue weighted by molar-refractivity contribution is 5.85. The van der Waals surface area contributed by atoms with E-state index in [1.165, 1.54) is 6.08 Å². The molecule has 0 radical (unpaired) electrons. The lowest BCUT2D eigenvalue weighted by Gasteiger charge is -2.14. The number of ether oxygens (including phenoxy) is 2. The van der Waals surface area contributed by atoms with Crippen LogP contribution in [0.25, 0.3) is 6.08 Å². The molecule has 1 aromatic carbocycles. The fourth-order valence-electron chi connectivity index (χ4n) is 1.43. The zero-order valence-electron chi connectivity index (χ0n) is 11.6. The average Bonchev–Trinajstić information content (AvgIpc) is 2.42. The molecule has 0 amide bonds. The molecule has 0 aromatic heterocycles. The summed E-state index contributed by atoms with van der Waals surface area (Å²) in [7, 11) is 1.58. The van der Waals surface area contributed by atoms with Crippen molar-refractivity contribution < 1.29 is 19.4 Å². The second-order valence-electron chi connectivity index (χ2n) is 4.41. The van der Waals surface area contributed by atoms with Crippen molar-refractivity contribution in [3.05, 3.63) is 29.8 Å². The SMILES string of the molecule is CCC(C)COc1cc(/C=C/C(=O)O)ccc1OC. The molecule has 0 heterocycles. The molecule has 0 aliphatic carbocycles. The number of rotatable bonds is 7. The fourth-order valence-corrected chi connectivity index (χ4v) is 1.43. The van der Waals surface area contributed by atoms with Gasteiger partial charge in [-0.15, -0.1) is 0 Å². The molecule has 0 spiro atoms. The van der Waals surface area contributed by atoms with Gasteiger partial charge < -0.3 is 14.6 Å². The number of methoxy groups -OCH3 is 1. The number of carboxylic acid groups (broad SMARTS) is 1. The summed E-state index contributed by atoms with van der Waals surface area (Å²) < 4.78 is 10.9. The molecule has 19 heavy (non-hydrogen) atoms. The molecule has 0 saturated heterocycles. The summed E-state index contributed by atoms with van der Waals surface area (Å²) in [5, 5.41) is 8.61. The molecule has 0 aliphatic heterocycles. The third-order valence-corrected chi connectivity index (χ3v) is 2.83. The van der Waals surface area contributed by atoms with Crippen molar-refractivity contribution in [3.8, 4) is 11.5 Å². The number of benzene rings is 1. The minimum absolute atomic E-state index is 0.461. The van der Waals surface area contributed by atoms with Crippen LogP contribution in [0.1, 0.15) is 25.8 Å². The van der Waals surface area contributed by atoms with Crippen LogP contribution in [0.15, 0.2) is 24.3 Å². The van der Waals surface area contributed by atoms with Gasteiger partial charge >= 0.3 is 5.97 Å². The van der Waals surface area contributed by atoms with Crippen molar-refractivity contribution in [1.82, 2.24) is 0 Å². The van der Waals surface area contributed by atoms with E-state index in [-0.39, 0.29) is 0 Å². The summed E-state index contributed by atoms with van der Waals surface area (Å²) in [6.45, 7) is 4.83. The molecule has 0 bridgehead atoms. The van der Waals surface area contributed by atoms with Gasteiger partial charge in [-0.2, -0.15) is 0 Å². The monoisotopic (exact) mass is 264 g/mol. The average molecular weight is 264 g/mol. The van der Waals surface area contributed by atoms with E-state index in [2.05, 4.69) is 13.8 Å². The second-order valence-corrected chi connectivity index (χ2v) is 4.41. The number of hydrogen-bond acceptors (Lipinski definition) is 3. The zero-order valence-corrected chi connectivity index (χ0v) is 11.6. The van der Waals surface area contributed by atoms with Gasteiger partial charge in [0.05, 0.1) is 13.7 Å². The number of aliphatic carboxylic acids is 1. The van der Waals surface area contributed by atoms with Gasteiger partial charge in [0, 0.05) is 6.08 Å². The lowest BCUT2D eigenvalue weighted by Crippen LogP contribution is -2.08. The minimum atomic E-state index is -0.974. The van der Waals surface area contributed by atoms with Crippen molar-refractivity contribution >= 4 is 12.0 Å². The van der Waals surface area contributed by atoms with E-state index < -0.39 is 5.97 Å². The van der Waals surface area contributed by atoms with Gasteiger partial charge in [0.15, 0.2) is 11.5 Å². The Morgan fingerprint density at radius 1 is 1.42 bits per heavy atom. The number of carboxylic acids is 1. The van der Waals surface area contributed by atoms with Crippen molar-refractivity contribution in [2.75, 3.05) is 13.7 Å². The van der Waals surface area contributed by atoms with Gasteiger partial charge in [0.2, 0.25) is 0 Å². The minimum Gasteiger partial charge on any atom is -0.493 e. The highest BCUT2D eigenvalue weighted by Gasteiger charge is 2.07. The third kappa shape index (κ3) is 5.04. The molecule has 1 rings (SSSR count). The highest BCUT2D eigenvalue weighted by atomic mass is 16.5. The van der Waals surface area contributed by atoms with Crippen LogP contribution in [-0.2, 0) is 4.79 Å². The molecule has 0 aliphatic rings. The predicted molar refractivity (Wildman–Crippen MR) is 74.6 cm³/mol. The first-order chi connectivity index (χ1) is 9.06. The number of hydrogen-bond donors (Lipinski definition) is 1. The molecule has 1 N–H and O–H groups in total. The molecule has 1 unspecified atom stereocenters. The molecular weight excluding hydrogens is 244 g/mol. The smallest absolute Gasteiger partial charge is 0.328 e. The van der Waals surface area contributed by atoms with E-state index in [0.29, 0.717) is 24.0 Å². The van der Waals surface area contributed by atoms with Crippen molar-refractivity contribution in [2.45, 2.75) is 20.3 Å². The van der Waals surface area contributed by atoms with Gasteiger partial charge in [-0.25, -0.2) is 4.79 Å². The Morgan fingerprint density at radius 3 is 2.74 bits per heavy atom. The lowest BCUT2D eigenvalue weighted by molar-refractivity contribution is -0.131. The first-order valence-corrected chi connectivity index (χ1v) is 6.28. The Hall–Kier alpha value is -1.97. The fraction of sp³-hybridized carbons (Fsp3) is 0.400. The van der Waals surface area contributed by atoms with E-state index in [1.807, 2.05) is 0 Å². The highest BCUT2D eigenvalue weighted by Crippen LogP contribution is 2.29. The van der Waals surface area contributed by atoms with Gasteiger partial charge in [0.1, 0.15) is 0 Å². The van der Waals surface area contributed by atoms with Crippen LogP contribution in [0.2, 0.25) is 0 Å². The summed E-state index contributed by atoms with van der Waals surface area (Å²) in [5.41, 5.74) is 0.766. The Morgan fingerprint density at radius 2 is 2.16 bits per heavy atom. The van der Waals surface area contributed by atoms with Crippen LogP contribution in [0, 0.1) is 5.92 Å². The Labute approximate surface area is 113 Å². The summed E-state index contributed by atoms with van der Waals surface area (Å²) in [4.78, 5) is 10.5. The van der Waals surface area contributed by atoms with E-state index in [0.717, 1.165) is 18.1 Å². The quantitative estimate of drug-likeness (QED) is 0.768. The molecule has 104 valence electrons. The van der Waals surface area contributed by atoms with Gasteiger partial charge in [-0.05, 0) is 29.7 Å². The maximum absolute atomic E-state index is 10.5. The molecule has 4 nitrogen and oxygen atoms in total. The Balaban J connectivity index is 2.86. The van der Waals surface area contributed by atoms with Crippen molar-refractivity contribution in [1.29, 1.82) is 0 Å². The number of carbonyl (C=O) groups is 1. The Bertz CT molecular complexity index is 451. The first-order valence-electron chi connectivity index (χ1n) is 6.28. The third-order valence-electron chi connectivity index (χ3n) is 2.83. The van der Waals surface area contributed by atoms with Crippen LogP contribution in [0.3, 0.4) is 0 Å². The summed E-state index contributed by atoms with van der Waals surface area (Å²) in [6.07, 6.45) is 3.67. The summed E-state index contributed by atoms with van der Waals surface area (Å²) in [5.74, 6) is 0.770. The lowest BCUT2D eigenvalue weighted by atomic mass is 10.1. The van der Waals surface area contributed by atoms with Gasteiger partial charge in [-0.3, -0.25) is 0 Å². The van der Waals surface area contributed by atoms with Gasteiger partial charge in [0.25, 0.3) is 0 Å². The standard InChI is InChI=1S/C15H20O4/c1-4-11(2)10-19-14-9-12(6-8-15(16)17)5-7-13(14)18-3/h5-9,11H,4,10H2,1-3H3,(H,16,17)/b8-6+. The first kappa shape index (κ1) is 15.1. The van der Waals surface area contributed by atoms with Crippen LogP contribution >= 0.6 is 0 Å². The van der Waals surface area contributed by atoms with Crippen LogP contribution < -0.4 is 9.47 Å². The van der Waals surface area contributed by atoms with E-state index in [4.69, 9.17) is 14.6 Å². The molecule has 4 heteroatoms. The predicted octanol–water partition coefficient (Wildman–Crippen LogP) is 3.22. The van der Waals surface area contributed by atoms with Crippen LogP contribution in [-0.4, -0.2) is 24.8 Å². The zero-order chi connectivity index (χ0) is 14.3. The van der Waals surface area contributed by atoms with Crippen LogP contribution in [0.4, 0.5) is 0 Å². The maximum Gasteiger partial charge on any atom is 0.328 e. The molecular formula is C15H20O4. The topological polar surface area (TPSA) is 55.8 Å². The molecule has 0 fully saturated rings. The van der Waals surface area contributed by atoms with E-state index in [1.54, 1.807) is 25.3 Å². The van der Waals surface area contributed by atoms with Crippen LogP contribution in [0.5, 0.6) is 11.5 Å². The van der Waals surface area contributed by atoms with Crippen molar-refractivity contribution in [3.63, 3.8) is 0 Å². The van der Waals surface area contributed by atoms with E-state index >= 15 is 0 Å². The molecule has 1 aromatic rings.